The maximum absolute atomic E-state index is 11.7. The number of rotatable bonds is 4. The maximum atomic E-state index is 11.7. The van der Waals surface area contributed by atoms with E-state index < -0.39 is 0 Å². The Labute approximate surface area is 84.7 Å². The second kappa shape index (κ2) is 4.31. The zero-order valence-electron chi connectivity index (χ0n) is 9.16. The van der Waals surface area contributed by atoms with Crippen molar-refractivity contribution in [3.05, 3.63) is 35.0 Å². The van der Waals surface area contributed by atoms with Crippen molar-refractivity contribution in [3.63, 3.8) is 0 Å². The summed E-state index contributed by atoms with van der Waals surface area (Å²) in [6.07, 6.45) is 4.57. The molecular weight excluding hydrogens is 176 g/mol. The van der Waals surface area contributed by atoms with E-state index in [1.165, 1.54) is 0 Å². The Morgan fingerprint density at radius 2 is 2.14 bits per heavy atom. The molecular formula is C11H18N2O. The highest BCUT2D eigenvalue weighted by Crippen LogP contribution is 2.02. The lowest BCUT2D eigenvalue weighted by Crippen LogP contribution is -2.25. The third kappa shape index (κ3) is 2.16. The van der Waals surface area contributed by atoms with Gasteiger partial charge in [0.05, 0.1) is 0 Å². The van der Waals surface area contributed by atoms with Crippen LogP contribution in [0.3, 0.4) is 0 Å². The lowest BCUT2D eigenvalue weighted by molar-refractivity contribution is 0.559. The normalized spacial score (nSPS) is 10.9. The van der Waals surface area contributed by atoms with Crippen molar-refractivity contribution < 1.29 is 0 Å². The van der Waals surface area contributed by atoms with Crippen LogP contribution in [0.25, 0.3) is 0 Å². The molecule has 0 amide bonds. The first-order valence-corrected chi connectivity index (χ1v) is 5.00. The standard InChI is InChI=1S/C11H18N2O/c1-5-10(4)8-12-6-7-13(9(2)3)11(12)14/h6-7,9H,4-5,8H2,1-3H3. The summed E-state index contributed by atoms with van der Waals surface area (Å²) in [6.45, 7) is 10.6. The van der Waals surface area contributed by atoms with E-state index >= 15 is 0 Å². The molecule has 0 atom stereocenters. The molecule has 3 nitrogen and oxygen atoms in total. The first-order chi connectivity index (χ1) is 6.56. The second-order valence-electron chi connectivity index (χ2n) is 3.81. The van der Waals surface area contributed by atoms with Gasteiger partial charge in [-0.1, -0.05) is 19.1 Å². The average molecular weight is 194 g/mol. The molecule has 1 heterocycles. The third-order valence-electron chi connectivity index (χ3n) is 2.32. The molecule has 0 aliphatic rings. The van der Waals surface area contributed by atoms with Crippen LogP contribution in [0, 0.1) is 0 Å². The van der Waals surface area contributed by atoms with Crippen LogP contribution in [0.5, 0.6) is 0 Å². The first-order valence-electron chi connectivity index (χ1n) is 5.00. The molecule has 0 radical (unpaired) electrons. The number of hydrogen-bond donors (Lipinski definition) is 0. The number of hydrogen-bond acceptors (Lipinski definition) is 1. The van der Waals surface area contributed by atoms with Crippen molar-refractivity contribution in [1.82, 2.24) is 9.13 Å². The fourth-order valence-corrected chi connectivity index (χ4v) is 1.29. The van der Waals surface area contributed by atoms with Gasteiger partial charge in [0, 0.05) is 25.0 Å². The zero-order valence-corrected chi connectivity index (χ0v) is 9.16. The van der Waals surface area contributed by atoms with Gasteiger partial charge in [0.25, 0.3) is 0 Å². The Morgan fingerprint density at radius 3 is 2.57 bits per heavy atom. The van der Waals surface area contributed by atoms with Gasteiger partial charge in [0.15, 0.2) is 0 Å². The van der Waals surface area contributed by atoms with Gasteiger partial charge in [0.2, 0.25) is 0 Å². The fraction of sp³-hybridized carbons (Fsp3) is 0.545. The van der Waals surface area contributed by atoms with Gasteiger partial charge < -0.3 is 0 Å². The molecule has 3 heteroatoms. The summed E-state index contributed by atoms with van der Waals surface area (Å²) >= 11 is 0. The number of aromatic nitrogens is 2. The molecule has 0 aliphatic heterocycles. The maximum Gasteiger partial charge on any atom is 0.328 e. The number of imidazole rings is 1. The van der Waals surface area contributed by atoms with E-state index in [-0.39, 0.29) is 11.7 Å². The van der Waals surface area contributed by atoms with E-state index in [0.29, 0.717) is 6.54 Å². The molecule has 0 unspecified atom stereocenters. The summed E-state index contributed by atoms with van der Waals surface area (Å²) < 4.78 is 3.43. The second-order valence-corrected chi connectivity index (χ2v) is 3.81. The molecule has 0 aliphatic carbocycles. The molecule has 0 saturated carbocycles. The van der Waals surface area contributed by atoms with Gasteiger partial charge in [-0.25, -0.2) is 4.79 Å². The molecule has 0 aromatic carbocycles. The highest BCUT2D eigenvalue weighted by Gasteiger charge is 2.05. The topological polar surface area (TPSA) is 26.9 Å². The van der Waals surface area contributed by atoms with Crippen molar-refractivity contribution in [2.24, 2.45) is 0 Å². The van der Waals surface area contributed by atoms with Crippen LogP contribution in [0.4, 0.5) is 0 Å². The van der Waals surface area contributed by atoms with Crippen molar-refractivity contribution in [1.29, 1.82) is 0 Å². The van der Waals surface area contributed by atoms with E-state index in [1.54, 1.807) is 9.13 Å². The Bertz CT molecular complexity index is 371. The first kappa shape index (κ1) is 10.8. The largest absolute Gasteiger partial charge is 0.328 e. The average Bonchev–Trinajstić information content (AvgIpc) is 2.48. The zero-order chi connectivity index (χ0) is 10.7. The van der Waals surface area contributed by atoms with Crippen molar-refractivity contribution in [2.75, 3.05) is 0 Å². The van der Waals surface area contributed by atoms with Gasteiger partial charge in [-0.2, -0.15) is 0 Å². The predicted molar refractivity (Wildman–Crippen MR) is 58.5 cm³/mol. The Kier molecular flexibility index (Phi) is 3.33. The van der Waals surface area contributed by atoms with Gasteiger partial charge in [-0.05, 0) is 20.3 Å². The summed E-state index contributed by atoms with van der Waals surface area (Å²) in [5, 5.41) is 0. The monoisotopic (exact) mass is 194 g/mol. The Morgan fingerprint density at radius 1 is 1.50 bits per heavy atom. The van der Waals surface area contributed by atoms with E-state index in [0.717, 1.165) is 12.0 Å². The summed E-state index contributed by atoms with van der Waals surface area (Å²) in [4.78, 5) is 11.7. The van der Waals surface area contributed by atoms with Crippen LogP contribution in [-0.4, -0.2) is 9.13 Å². The van der Waals surface area contributed by atoms with Gasteiger partial charge >= 0.3 is 5.69 Å². The minimum atomic E-state index is 0.0506. The van der Waals surface area contributed by atoms with Gasteiger partial charge in [-0.15, -0.1) is 0 Å². The molecule has 0 spiro atoms. The molecule has 0 saturated heterocycles. The molecule has 14 heavy (non-hydrogen) atoms. The molecule has 1 rings (SSSR count). The Balaban J connectivity index is 2.91. The highest BCUT2D eigenvalue weighted by molar-refractivity contribution is 4.96. The molecule has 1 aromatic heterocycles. The van der Waals surface area contributed by atoms with E-state index in [4.69, 9.17) is 0 Å². The molecule has 0 bridgehead atoms. The van der Waals surface area contributed by atoms with E-state index in [2.05, 4.69) is 6.58 Å². The van der Waals surface area contributed by atoms with Crippen LogP contribution in [-0.2, 0) is 6.54 Å². The summed E-state index contributed by atoms with van der Waals surface area (Å²) in [7, 11) is 0. The minimum absolute atomic E-state index is 0.0506. The van der Waals surface area contributed by atoms with Crippen molar-refractivity contribution >= 4 is 0 Å². The van der Waals surface area contributed by atoms with Crippen molar-refractivity contribution in [2.45, 2.75) is 39.8 Å². The van der Waals surface area contributed by atoms with Crippen LogP contribution < -0.4 is 5.69 Å². The van der Waals surface area contributed by atoms with Crippen LogP contribution in [0.1, 0.15) is 33.2 Å². The lowest BCUT2D eigenvalue weighted by atomic mass is 10.2. The van der Waals surface area contributed by atoms with Crippen molar-refractivity contribution in [3.8, 4) is 0 Å². The quantitative estimate of drug-likeness (QED) is 0.675. The molecule has 0 N–H and O–H groups in total. The SMILES string of the molecule is C=C(CC)Cn1ccn(C(C)C)c1=O. The van der Waals surface area contributed by atoms with Crippen LogP contribution in [0.15, 0.2) is 29.3 Å². The van der Waals surface area contributed by atoms with Crippen LogP contribution in [0.2, 0.25) is 0 Å². The summed E-state index contributed by atoms with van der Waals surface area (Å²) in [5.74, 6) is 0. The van der Waals surface area contributed by atoms with Gasteiger partial charge in [-0.3, -0.25) is 9.13 Å². The highest BCUT2D eigenvalue weighted by atomic mass is 16.1. The predicted octanol–water partition coefficient (Wildman–Crippen LogP) is 2.20. The lowest BCUT2D eigenvalue weighted by Gasteiger charge is -2.05. The van der Waals surface area contributed by atoms with E-state index in [9.17, 15) is 4.79 Å². The third-order valence-corrected chi connectivity index (χ3v) is 2.32. The number of nitrogens with zero attached hydrogens (tertiary/aromatic N) is 2. The number of allylic oxidation sites excluding steroid dienone is 1. The minimum Gasteiger partial charge on any atom is -0.297 e. The fourth-order valence-electron chi connectivity index (χ4n) is 1.29. The summed E-state index contributed by atoms with van der Waals surface area (Å²) in [5.41, 5.74) is 1.13. The Hall–Kier alpha value is -1.25. The molecule has 0 fully saturated rings. The van der Waals surface area contributed by atoms with E-state index in [1.807, 2.05) is 33.2 Å². The molecule has 1 aromatic rings. The summed E-state index contributed by atoms with van der Waals surface area (Å²) in [6, 6.07) is 0.221. The molecule has 78 valence electrons. The van der Waals surface area contributed by atoms with Crippen LogP contribution >= 0.6 is 0 Å². The smallest absolute Gasteiger partial charge is 0.297 e. The van der Waals surface area contributed by atoms with Gasteiger partial charge in [0.1, 0.15) is 0 Å².